The van der Waals surface area contributed by atoms with Crippen LogP contribution in [0.5, 0.6) is 0 Å². The SMILES string of the molecule is Fc1ccc2nc(CCCCl)sc2c1. The van der Waals surface area contributed by atoms with Crippen LogP contribution in [0.25, 0.3) is 10.2 Å². The normalized spacial score (nSPS) is 11.0. The van der Waals surface area contributed by atoms with Crippen LogP contribution >= 0.6 is 22.9 Å². The van der Waals surface area contributed by atoms with Gasteiger partial charge in [0.05, 0.1) is 15.2 Å². The molecule has 4 heteroatoms. The number of nitrogens with zero attached hydrogens (tertiary/aromatic N) is 1. The second-order valence-electron chi connectivity index (χ2n) is 3.01. The Morgan fingerprint density at radius 2 is 2.29 bits per heavy atom. The van der Waals surface area contributed by atoms with Gasteiger partial charge in [-0.05, 0) is 24.6 Å². The van der Waals surface area contributed by atoms with Gasteiger partial charge in [0.25, 0.3) is 0 Å². The van der Waals surface area contributed by atoms with E-state index in [1.807, 2.05) is 0 Å². The molecule has 1 nitrogen and oxygen atoms in total. The predicted molar refractivity (Wildman–Crippen MR) is 58.6 cm³/mol. The van der Waals surface area contributed by atoms with Crippen LogP contribution < -0.4 is 0 Å². The van der Waals surface area contributed by atoms with Gasteiger partial charge in [0.15, 0.2) is 0 Å². The molecule has 14 heavy (non-hydrogen) atoms. The van der Waals surface area contributed by atoms with Crippen molar-refractivity contribution in [3.63, 3.8) is 0 Å². The minimum absolute atomic E-state index is 0.204. The molecule has 0 aliphatic rings. The van der Waals surface area contributed by atoms with Crippen molar-refractivity contribution in [2.75, 3.05) is 5.88 Å². The van der Waals surface area contributed by atoms with E-state index >= 15 is 0 Å². The molecular formula is C10H9ClFNS. The number of thiazole rings is 1. The Bertz CT molecular complexity index is 441. The summed E-state index contributed by atoms with van der Waals surface area (Å²) in [6, 6.07) is 4.68. The molecule has 2 rings (SSSR count). The summed E-state index contributed by atoms with van der Waals surface area (Å²) in [7, 11) is 0. The number of aryl methyl sites for hydroxylation is 1. The first-order valence-electron chi connectivity index (χ1n) is 4.40. The third-order valence-electron chi connectivity index (χ3n) is 1.92. The fraction of sp³-hybridized carbons (Fsp3) is 0.300. The summed E-state index contributed by atoms with van der Waals surface area (Å²) in [5.74, 6) is 0.439. The zero-order chi connectivity index (χ0) is 9.97. The molecule has 0 unspecified atom stereocenters. The minimum Gasteiger partial charge on any atom is -0.241 e. The van der Waals surface area contributed by atoms with E-state index in [4.69, 9.17) is 11.6 Å². The lowest BCUT2D eigenvalue weighted by atomic mass is 10.3. The molecule has 0 spiro atoms. The number of hydrogen-bond acceptors (Lipinski definition) is 2. The largest absolute Gasteiger partial charge is 0.241 e. The zero-order valence-electron chi connectivity index (χ0n) is 7.46. The first-order valence-corrected chi connectivity index (χ1v) is 5.75. The van der Waals surface area contributed by atoms with E-state index in [-0.39, 0.29) is 5.82 Å². The number of fused-ring (bicyclic) bond motifs is 1. The lowest BCUT2D eigenvalue weighted by Gasteiger charge is -1.88. The van der Waals surface area contributed by atoms with E-state index in [1.165, 1.54) is 12.1 Å². The topological polar surface area (TPSA) is 12.9 Å². The van der Waals surface area contributed by atoms with Gasteiger partial charge in [-0.25, -0.2) is 9.37 Å². The van der Waals surface area contributed by atoms with E-state index in [2.05, 4.69) is 4.98 Å². The average Bonchev–Trinajstić information content (AvgIpc) is 2.56. The van der Waals surface area contributed by atoms with Crippen LogP contribution in [0, 0.1) is 5.82 Å². The summed E-state index contributed by atoms with van der Waals surface area (Å²) < 4.78 is 13.8. The maximum Gasteiger partial charge on any atom is 0.124 e. The number of hydrogen-bond donors (Lipinski definition) is 0. The molecule has 0 aliphatic carbocycles. The molecule has 1 heterocycles. The van der Waals surface area contributed by atoms with Crippen molar-refractivity contribution in [3.05, 3.63) is 29.0 Å². The van der Waals surface area contributed by atoms with Gasteiger partial charge in [-0.1, -0.05) is 0 Å². The molecule has 0 radical (unpaired) electrons. The monoisotopic (exact) mass is 229 g/mol. The third-order valence-corrected chi connectivity index (χ3v) is 3.26. The number of halogens is 2. The minimum atomic E-state index is -0.204. The van der Waals surface area contributed by atoms with Crippen LogP contribution in [0.1, 0.15) is 11.4 Å². The van der Waals surface area contributed by atoms with Crippen molar-refractivity contribution in [2.24, 2.45) is 0 Å². The molecule has 0 aliphatic heterocycles. The number of aromatic nitrogens is 1. The quantitative estimate of drug-likeness (QED) is 0.733. The molecule has 0 saturated carbocycles. The van der Waals surface area contributed by atoms with E-state index in [9.17, 15) is 4.39 Å². The smallest absolute Gasteiger partial charge is 0.124 e. The van der Waals surface area contributed by atoms with Gasteiger partial charge >= 0.3 is 0 Å². The molecule has 0 amide bonds. The fourth-order valence-electron chi connectivity index (χ4n) is 1.27. The van der Waals surface area contributed by atoms with Crippen LogP contribution in [0.15, 0.2) is 18.2 Å². The van der Waals surface area contributed by atoms with Gasteiger partial charge in [-0.15, -0.1) is 22.9 Å². The van der Waals surface area contributed by atoms with E-state index in [1.54, 1.807) is 17.4 Å². The highest BCUT2D eigenvalue weighted by Crippen LogP contribution is 2.23. The zero-order valence-corrected chi connectivity index (χ0v) is 9.04. The van der Waals surface area contributed by atoms with E-state index in [0.29, 0.717) is 5.88 Å². The van der Waals surface area contributed by atoms with Gasteiger partial charge in [0.1, 0.15) is 5.82 Å². The van der Waals surface area contributed by atoms with Crippen LogP contribution in [-0.2, 0) is 6.42 Å². The Hall–Kier alpha value is -0.670. The third kappa shape index (κ3) is 2.04. The van der Waals surface area contributed by atoms with Crippen LogP contribution in [0.3, 0.4) is 0 Å². The molecular weight excluding hydrogens is 221 g/mol. The lowest BCUT2D eigenvalue weighted by molar-refractivity contribution is 0.630. The Labute approximate surface area is 90.5 Å². The summed E-state index contributed by atoms with van der Waals surface area (Å²) >= 11 is 7.13. The molecule has 0 N–H and O–H groups in total. The van der Waals surface area contributed by atoms with Crippen molar-refractivity contribution < 1.29 is 4.39 Å². The summed E-state index contributed by atoms with van der Waals surface area (Å²) in [6.07, 6.45) is 1.80. The molecule has 2 aromatic rings. The lowest BCUT2D eigenvalue weighted by Crippen LogP contribution is -1.83. The summed E-state index contributed by atoms with van der Waals surface area (Å²) in [5.41, 5.74) is 0.876. The van der Waals surface area contributed by atoms with Crippen LogP contribution in [0.4, 0.5) is 4.39 Å². The highest BCUT2D eigenvalue weighted by atomic mass is 35.5. The van der Waals surface area contributed by atoms with Gasteiger partial charge in [-0.3, -0.25) is 0 Å². The van der Waals surface area contributed by atoms with Crippen molar-refractivity contribution in [1.29, 1.82) is 0 Å². The fourth-order valence-corrected chi connectivity index (χ4v) is 2.44. The highest BCUT2D eigenvalue weighted by molar-refractivity contribution is 7.18. The van der Waals surface area contributed by atoms with Crippen LogP contribution in [0.2, 0.25) is 0 Å². The van der Waals surface area contributed by atoms with E-state index < -0.39 is 0 Å². The summed E-state index contributed by atoms with van der Waals surface area (Å²) in [4.78, 5) is 4.38. The molecule has 1 aromatic heterocycles. The Morgan fingerprint density at radius 3 is 3.07 bits per heavy atom. The van der Waals surface area contributed by atoms with Gasteiger partial charge in [0, 0.05) is 12.3 Å². The highest BCUT2D eigenvalue weighted by Gasteiger charge is 2.03. The summed E-state index contributed by atoms with van der Waals surface area (Å²) in [6.45, 7) is 0. The van der Waals surface area contributed by atoms with E-state index in [0.717, 1.165) is 28.1 Å². The van der Waals surface area contributed by atoms with Crippen molar-refractivity contribution in [3.8, 4) is 0 Å². The second kappa shape index (κ2) is 4.24. The molecule has 0 saturated heterocycles. The van der Waals surface area contributed by atoms with Crippen molar-refractivity contribution in [2.45, 2.75) is 12.8 Å². The molecule has 1 aromatic carbocycles. The standard InChI is InChI=1S/C10H9ClFNS/c11-5-1-2-10-13-8-4-3-7(12)6-9(8)14-10/h3-4,6H,1-2,5H2. The van der Waals surface area contributed by atoms with Gasteiger partial charge in [0.2, 0.25) is 0 Å². The molecule has 74 valence electrons. The Morgan fingerprint density at radius 1 is 1.43 bits per heavy atom. The first kappa shape index (κ1) is 9.87. The number of rotatable bonds is 3. The average molecular weight is 230 g/mol. The Kier molecular flexibility index (Phi) is 2.99. The van der Waals surface area contributed by atoms with Crippen LogP contribution in [-0.4, -0.2) is 10.9 Å². The van der Waals surface area contributed by atoms with Gasteiger partial charge in [-0.2, -0.15) is 0 Å². The maximum atomic E-state index is 12.9. The summed E-state index contributed by atoms with van der Waals surface area (Å²) in [5, 5.41) is 1.03. The molecule has 0 atom stereocenters. The van der Waals surface area contributed by atoms with Crippen molar-refractivity contribution >= 4 is 33.2 Å². The first-order chi connectivity index (χ1) is 6.79. The van der Waals surface area contributed by atoms with Gasteiger partial charge < -0.3 is 0 Å². The number of alkyl halides is 1. The number of benzene rings is 1. The molecule has 0 fully saturated rings. The van der Waals surface area contributed by atoms with Crippen molar-refractivity contribution in [1.82, 2.24) is 4.98 Å². The Balaban J connectivity index is 2.32. The molecule has 0 bridgehead atoms. The maximum absolute atomic E-state index is 12.9. The second-order valence-corrected chi connectivity index (χ2v) is 4.51. The predicted octanol–water partition coefficient (Wildman–Crippen LogP) is 3.61.